The monoisotopic (exact) mass is 253 g/mol. The third-order valence-corrected chi connectivity index (χ3v) is 2.43. The number of alkyl halides is 2. The zero-order valence-corrected chi connectivity index (χ0v) is 9.55. The molecule has 0 atom stereocenters. The number of phenolic OH excluding ortho intramolecular Hbond substituents is 1. The van der Waals surface area contributed by atoms with Crippen LogP contribution in [0.2, 0.25) is 0 Å². The van der Waals surface area contributed by atoms with Crippen molar-refractivity contribution in [3.05, 3.63) is 42.2 Å². The molecule has 1 aromatic carbocycles. The molecular formula is C12H13F2N3O. The molecule has 0 unspecified atom stereocenters. The van der Waals surface area contributed by atoms with Crippen LogP contribution in [-0.2, 0) is 13.1 Å². The summed E-state index contributed by atoms with van der Waals surface area (Å²) in [5, 5.41) is 16.4. The third-order valence-electron chi connectivity index (χ3n) is 2.43. The lowest BCUT2D eigenvalue weighted by Crippen LogP contribution is -2.06. The molecule has 0 bridgehead atoms. The maximum Gasteiger partial charge on any atom is 0.257 e. The van der Waals surface area contributed by atoms with E-state index in [-0.39, 0.29) is 5.75 Å². The van der Waals surface area contributed by atoms with Crippen molar-refractivity contribution in [2.75, 3.05) is 5.32 Å². The van der Waals surface area contributed by atoms with Crippen molar-refractivity contribution in [2.24, 2.45) is 0 Å². The maximum absolute atomic E-state index is 12.1. The Morgan fingerprint density at radius 2 is 2.11 bits per heavy atom. The lowest BCUT2D eigenvalue weighted by atomic mass is 10.2. The number of hydrogen-bond donors (Lipinski definition) is 2. The summed E-state index contributed by atoms with van der Waals surface area (Å²) in [4.78, 5) is 0. The van der Waals surface area contributed by atoms with E-state index in [1.165, 1.54) is 17.1 Å². The van der Waals surface area contributed by atoms with Gasteiger partial charge in [-0.2, -0.15) is 5.10 Å². The molecule has 2 rings (SSSR count). The zero-order chi connectivity index (χ0) is 13.0. The van der Waals surface area contributed by atoms with Crippen LogP contribution in [0.4, 0.5) is 14.5 Å². The quantitative estimate of drug-likeness (QED) is 0.860. The Morgan fingerprint density at radius 1 is 1.33 bits per heavy atom. The zero-order valence-electron chi connectivity index (χ0n) is 9.55. The van der Waals surface area contributed by atoms with E-state index in [0.717, 1.165) is 5.56 Å². The van der Waals surface area contributed by atoms with Crippen molar-refractivity contribution in [2.45, 2.75) is 19.5 Å². The van der Waals surface area contributed by atoms with Gasteiger partial charge in [0.2, 0.25) is 0 Å². The molecule has 0 aliphatic rings. The van der Waals surface area contributed by atoms with Crippen molar-refractivity contribution in [3.63, 3.8) is 0 Å². The molecule has 6 heteroatoms. The lowest BCUT2D eigenvalue weighted by Gasteiger charge is -2.05. The smallest absolute Gasteiger partial charge is 0.257 e. The Bertz CT molecular complexity index is 514. The van der Waals surface area contributed by atoms with E-state index < -0.39 is 13.0 Å². The molecule has 0 aliphatic carbocycles. The highest BCUT2D eigenvalue weighted by atomic mass is 19.3. The summed E-state index contributed by atoms with van der Waals surface area (Å²) in [6, 6.07) is 6.93. The van der Waals surface area contributed by atoms with Gasteiger partial charge in [-0.05, 0) is 6.07 Å². The molecule has 2 N–H and O–H groups in total. The first-order chi connectivity index (χ1) is 8.65. The van der Waals surface area contributed by atoms with Crippen LogP contribution in [0, 0.1) is 0 Å². The van der Waals surface area contributed by atoms with E-state index in [1.807, 2.05) is 6.07 Å². The third kappa shape index (κ3) is 3.19. The standard InChI is InChI=1S/C12H13F2N3O/c13-12(14)8-17-7-10(6-16-17)15-5-9-3-1-2-4-11(9)18/h1-4,6-7,12,15,18H,5,8H2. The van der Waals surface area contributed by atoms with Gasteiger partial charge >= 0.3 is 0 Å². The van der Waals surface area contributed by atoms with E-state index >= 15 is 0 Å². The molecule has 1 heterocycles. The summed E-state index contributed by atoms with van der Waals surface area (Å²) < 4.78 is 25.4. The Kier molecular flexibility index (Phi) is 3.76. The molecule has 0 fully saturated rings. The summed E-state index contributed by atoms with van der Waals surface area (Å²) in [5.41, 5.74) is 1.37. The van der Waals surface area contributed by atoms with Gasteiger partial charge in [0, 0.05) is 18.3 Å². The van der Waals surface area contributed by atoms with Crippen molar-refractivity contribution < 1.29 is 13.9 Å². The molecule has 0 amide bonds. The fraction of sp³-hybridized carbons (Fsp3) is 0.250. The van der Waals surface area contributed by atoms with Gasteiger partial charge in [0.15, 0.2) is 0 Å². The van der Waals surface area contributed by atoms with E-state index in [9.17, 15) is 13.9 Å². The largest absolute Gasteiger partial charge is 0.508 e. The maximum atomic E-state index is 12.1. The first kappa shape index (κ1) is 12.3. The summed E-state index contributed by atoms with van der Waals surface area (Å²) in [5.74, 6) is 0.199. The highest BCUT2D eigenvalue weighted by Crippen LogP contribution is 2.17. The van der Waals surface area contributed by atoms with E-state index in [1.54, 1.807) is 18.2 Å². The van der Waals surface area contributed by atoms with Crippen LogP contribution in [0.25, 0.3) is 0 Å². The van der Waals surface area contributed by atoms with Gasteiger partial charge in [-0.1, -0.05) is 18.2 Å². The summed E-state index contributed by atoms with van der Waals surface area (Å²) in [6.45, 7) is -0.00862. The minimum Gasteiger partial charge on any atom is -0.508 e. The number of hydrogen-bond acceptors (Lipinski definition) is 3. The molecule has 96 valence electrons. The minimum absolute atomic E-state index is 0.199. The van der Waals surface area contributed by atoms with Gasteiger partial charge in [0.25, 0.3) is 6.43 Å². The number of phenols is 1. The second-order valence-corrected chi connectivity index (χ2v) is 3.82. The average Bonchev–Trinajstić information content (AvgIpc) is 2.75. The molecule has 18 heavy (non-hydrogen) atoms. The Hall–Kier alpha value is -2.11. The first-order valence-corrected chi connectivity index (χ1v) is 5.46. The van der Waals surface area contributed by atoms with Crippen molar-refractivity contribution in [3.8, 4) is 5.75 Å². The highest BCUT2D eigenvalue weighted by Gasteiger charge is 2.06. The second kappa shape index (κ2) is 5.48. The topological polar surface area (TPSA) is 50.1 Å². The summed E-state index contributed by atoms with van der Waals surface area (Å²) in [7, 11) is 0. The highest BCUT2D eigenvalue weighted by molar-refractivity contribution is 5.41. The van der Waals surface area contributed by atoms with E-state index in [0.29, 0.717) is 12.2 Å². The van der Waals surface area contributed by atoms with Crippen LogP contribution in [0.1, 0.15) is 5.56 Å². The second-order valence-electron chi connectivity index (χ2n) is 3.82. The number of halogens is 2. The predicted octanol–water partition coefficient (Wildman–Crippen LogP) is 2.47. The molecule has 0 aliphatic heterocycles. The molecule has 1 aromatic heterocycles. The minimum atomic E-state index is -2.42. The molecule has 2 aromatic rings. The average molecular weight is 253 g/mol. The molecule has 0 spiro atoms. The number of aromatic nitrogens is 2. The van der Waals surface area contributed by atoms with Gasteiger partial charge in [-0.15, -0.1) is 0 Å². The van der Waals surface area contributed by atoms with Crippen LogP contribution < -0.4 is 5.32 Å². The van der Waals surface area contributed by atoms with Crippen molar-refractivity contribution >= 4 is 5.69 Å². The number of nitrogens with zero attached hydrogens (tertiary/aromatic N) is 2. The number of anilines is 1. The predicted molar refractivity (Wildman–Crippen MR) is 63.7 cm³/mol. The Balaban J connectivity index is 1.94. The number of rotatable bonds is 5. The van der Waals surface area contributed by atoms with Crippen LogP contribution in [0.5, 0.6) is 5.75 Å². The molecular weight excluding hydrogens is 240 g/mol. The SMILES string of the molecule is Oc1ccccc1CNc1cnn(CC(F)F)c1. The van der Waals surface area contributed by atoms with E-state index in [2.05, 4.69) is 10.4 Å². The van der Waals surface area contributed by atoms with Crippen molar-refractivity contribution in [1.82, 2.24) is 9.78 Å². The number of para-hydroxylation sites is 1. The number of nitrogens with one attached hydrogen (secondary N) is 1. The number of aromatic hydroxyl groups is 1. The van der Waals surface area contributed by atoms with Gasteiger partial charge in [-0.3, -0.25) is 4.68 Å². The fourth-order valence-corrected chi connectivity index (χ4v) is 1.55. The van der Waals surface area contributed by atoms with Crippen LogP contribution >= 0.6 is 0 Å². The molecule has 0 saturated carbocycles. The Morgan fingerprint density at radius 3 is 2.83 bits per heavy atom. The van der Waals surface area contributed by atoms with Gasteiger partial charge in [0.1, 0.15) is 12.3 Å². The fourth-order valence-electron chi connectivity index (χ4n) is 1.55. The first-order valence-electron chi connectivity index (χ1n) is 5.46. The summed E-state index contributed by atoms with van der Waals surface area (Å²) >= 11 is 0. The van der Waals surface area contributed by atoms with Gasteiger partial charge in [-0.25, -0.2) is 8.78 Å². The molecule has 4 nitrogen and oxygen atoms in total. The summed E-state index contributed by atoms with van der Waals surface area (Å²) in [6.07, 6.45) is 0.560. The Labute approximate surface area is 103 Å². The molecule has 0 radical (unpaired) electrons. The van der Waals surface area contributed by atoms with Crippen LogP contribution in [0.3, 0.4) is 0 Å². The number of benzene rings is 1. The van der Waals surface area contributed by atoms with Crippen molar-refractivity contribution in [1.29, 1.82) is 0 Å². The normalized spacial score (nSPS) is 10.8. The van der Waals surface area contributed by atoms with E-state index in [4.69, 9.17) is 0 Å². The molecule has 0 saturated heterocycles. The van der Waals surface area contributed by atoms with Crippen LogP contribution in [-0.4, -0.2) is 21.3 Å². The lowest BCUT2D eigenvalue weighted by molar-refractivity contribution is 0.122. The van der Waals surface area contributed by atoms with Gasteiger partial charge < -0.3 is 10.4 Å². The van der Waals surface area contributed by atoms with Gasteiger partial charge in [0.05, 0.1) is 11.9 Å². The van der Waals surface area contributed by atoms with Crippen LogP contribution in [0.15, 0.2) is 36.7 Å².